The van der Waals surface area contributed by atoms with Crippen LogP contribution in [0.15, 0.2) is 36.7 Å². The summed E-state index contributed by atoms with van der Waals surface area (Å²) >= 11 is 0. The van der Waals surface area contributed by atoms with Crippen molar-refractivity contribution in [3.8, 4) is 0 Å². The molecule has 0 saturated heterocycles. The number of para-hydroxylation sites is 1. The number of hydrogen-bond acceptors (Lipinski definition) is 3. The molecule has 5 nitrogen and oxygen atoms in total. The topological polar surface area (TPSA) is 72.9 Å². The van der Waals surface area contributed by atoms with Crippen molar-refractivity contribution in [2.45, 2.75) is 25.9 Å². The zero-order valence-corrected chi connectivity index (χ0v) is 11.4. The zero-order chi connectivity index (χ0) is 14.7. The third-order valence-electron chi connectivity index (χ3n) is 2.94. The molecule has 3 N–H and O–H groups in total. The van der Waals surface area contributed by atoms with Crippen LogP contribution in [0, 0.1) is 5.82 Å². The van der Waals surface area contributed by atoms with Crippen molar-refractivity contribution in [2.75, 3.05) is 5.32 Å². The van der Waals surface area contributed by atoms with Crippen LogP contribution in [0.25, 0.3) is 0 Å². The lowest BCUT2D eigenvalue weighted by Gasteiger charge is -2.15. The summed E-state index contributed by atoms with van der Waals surface area (Å²) in [7, 11) is 0. The summed E-state index contributed by atoms with van der Waals surface area (Å²) in [4.78, 5) is 11.6. The number of primary amides is 1. The highest BCUT2D eigenvalue weighted by atomic mass is 19.1. The molecule has 1 amide bonds. The summed E-state index contributed by atoms with van der Waals surface area (Å²) < 4.78 is 15.3. The van der Waals surface area contributed by atoms with E-state index in [1.807, 2.05) is 13.8 Å². The minimum Gasteiger partial charge on any atom is -0.368 e. The molecule has 0 spiro atoms. The van der Waals surface area contributed by atoms with Gasteiger partial charge in [0, 0.05) is 17.8 Å². The van der Waals surface area contributed by atoms with Gasteiger partial charge in [0.1, 0.15) is 11.9 Å². The number of carbonyl (C=O) groups is 1. The number of nitrogens with one attached hydrogen (secondary N) is 1. The van der Waals surface area contributed by atoms with E-state index >= 15 is 0 Å². The molecule has 6 heteroatoms. The second-order valence-corrected chi connectivity index (χ2v) is 4.81. The molecule has 1 atom stereocenters. The monoisotopic (exact) mass is 276 g/mol. The number of hydrogen-bond donors (Lipinski definition) is 2. The quantitative estimate of drug-likeness (QED) is 0.879. The summed E-state index contributed by atoms with van der Waals surface area (Å²) in [5.74, 6) is -1.02. The van der Waals surface area contributed by atoms with Crippen molar-refractivity contribution in [1.82, 2.24) is 9.78 Å². The van der Waals surface area contributed by atoms with E-state index in [4.69, 9.17) is 5.73 Å². The first-order valence-electron chi connectivity index (χ1n) is 6.33. The van der Waals surface area contributed by atoms with Gasteiger partial charge in [0.2, 0.25) is 5.91 Å². The highest BCUT2D eigenvalue weighted by Gasteiger charge is 2.21. The molecule has 0 aliphatic heterocycles. The van der Waals surface area contributed by atoms with E-state index in [9.17, 15) is 9.18 Å². The lowest BCUT2D eigenvalue weighted by Crippen LogP contribution is -2.27. The van der Waals surface area contributed by atoms with E-state index < -0.39 is 17.8 Å². The van der Waals surface area contributed by atoms with Gasteiger partial charge in [-0.25, -0.2) is 4.39 Å². The molecule has 0 aliphatic carbocycles. The Morgan fingerprint density at radius 2 is 2.10 bits per heavy atom. The Labute approximate surface area is 116 Å². The third kappa shape index (κ3) is 2.96. The normalized spacial score (nSPS) is 12.4. The van der Waals surface area contributed by atoms with Crippen LogP contribution in [0.2, 0.25) is 0 Å². The van der Waals surface area contributed by atoms with Crippen LogP contribution in [-0.4, -0.2) is 15.7 Å². The summed E-state index contributed by atoms with van der Waals surface area (Å²) in [6, 6.07) is 5.48. The van der Waals surface area contributed by atoms with E-state index in [1.54, 1.807) is 35.3 Å². The summed E-state index contributed by atoms with van der Waals surface area (Å²) in [6.07, 6.45) is 3.29. The van der Waals surface area contributed by atoms with Crippen molar-refractivity contribution >= 4 is 11.6 Å². The van der Waals surface area contributed by atoms with Gasteiger partial charge in [-0.15, -0.1) is 0 Å². The first kappa shape index (κ1) is 14.0. The molecule has 0 bridgehead atoms. The molecule has 20 heavy (non-hydrogen) atoms. The number of nitrogens with two attached hydrogens (primary N) is 1. The molecule has 2 aromatic rings. The second kappa shape index (κ2) is 5.73. The van der Waals surface area contributed by atoms with Gasteiger partial charge in [-0.2, -0.15) is 5.10 Å². The molecule has 1 unspecified atom stereocenters. The van der Waals surface area contributed by atoms with E-state index in [0.717, 1.165) is 0 Å². The number of halogens is 1. The van der Waals surface area contributed by atoms with Crippen molar-refractivity contribution < 1.29 is 9.18 Å². The molecule has 0 radical (unpaired) electrons. The largest absolute Gasteiger partial charge is 0.368 e. The Kier molecular flexibility index (Phi) is 4.02. The average molecular weight is 276 g/mol. The summed E-state index contributed by atoms with van der Waals surface area (Å²) in [5.41, 5.74) is 6.23. The highest BCUT2D eigenvalue weighted by Crippen LogP contribution is 2.22. The van der Waals surface area contributed by atoms with Gasteiger partial charge < -0.3 is 11.1 Å². The standard InChI is InChI=1S/C14H17FN4O/c1-9(2)19-8-10(7-17-19)13(14(16)20)18-12-6-4-3-5-11(12)15/h3-9,13,18H,1-2H3,(H2,16,20). The number of anilines is 1. The van der Waals surface area contributed by atoms with Gasteiger partial charge in [-0.05, 0) is 26.0 Å². The maximum Gasteiger partial charge on any atom is 0.244 e. The molecule has 1 aromatic heterocycles. The van der Waals surface area contributed by atoms with Gasteiger partial charge in [0.15, 0.2) is 0 Å². The number of nitrogens with zero attached hydrogens (tertiary/aromatic N) is 2. The molecule has 106 valence electrons. The molecule has 1 heterocycles. The van der Waals surface area contributed by atoms with Crippen molar-refractivity contribution in [2.24, 2.45) is 5.73 Å². The van der Waals surface area contributed by atoms with Crippen LogP contribution in [0.1, 0.15) is 31.5 Å². The number of aromatic nitrogens is 2. The molecule has 2 rings (SSSR count). The number of benzene rings is 1. The fraction of sp³-hybridized carbons (Fsp3) is 0.286. The number of amides is 1. The van der Waals surface area contributed by atoms with E-state index in [1.165, 1.54) is 6.07 Å². The lowest BCUT2D eigenvalue weighted by atomic mass is 10.1. The Morgan fingerprint density at radius 3 is 2.65 bits per heavy atom. The predicted molar refractivity (Wildman–Crippen MR) is 74.6 cm³/mol. The smallest absolute Gasteiger partial charge is 0.244 e. The van der Waals surface area contributed by atoms with E-state index in [-0.39, 0.29) is 11.7 Å². The highest BCUT2D eigenvalue weighted by molar-refractivity contribution is 5.84. The van der Waals surface area contributed by atoms with Crippen LogP contribution >= 0.6 is 0 Å². The average Bonchev–Trinajstić information content (AvgIpc) is 2.87. The van der Waals surface area contributed by atoms with Crippen LogP contribution in [-0.2, 0) is 4.79 Å². The number of rotatable bonds is 5. The minimum absolute atomic E-state index is 0.172. The Hall–Kier alpha value is -2.37. The molecule has 0 aliphatic rings. The zero-order valence-electron chi connectivity index (χ0n) is 11.4. The summed E-state index contributed by atoms with van der Waals surface area (Å²) in [5, 5.41) is 6.97. The molecule has 1 aromatic carbocycles. The molecule has 0 saturated carbocycles. The van der Waals surface area contributed by atoms with Gasteiger partial charge in [0.05, 0.1) is 11.9 Å². The maximum atomic E-state index is 13.6. The van der Waals surface area contributed by atoms with Crippen LogP contribution < -0.4 is 11.1 Å². The van der Waals surface area contributed by atoms with Gasteiger partial charge >= 0.3 is 0 Å². The molecular formula is C14H17FN4O. The minimum atomic E-state index is -0.820. The van der Waals surface area contributed by atoms with Gasteiger partial charge in [-0.3, -0.25) is 9.48 Å². The summed E-state index contributed by atoms with van der Waals surface area (Å²) in [6.45, 7) is 3.95. The Bertz CT molecular complexity index is 609. The lowest BCUT2D eigenvalue weighted by molar-refractivity contribution is -0.118. The third-order valence-corrected chi connectivity index (χ3v) is 2.94. The molecule has 0 fully saturated rings. The van der Waals surface area contributed by atoms with Gasteiger partial charge in [-0.1, -0.05) is 12.1 Å². The van der Waals surface area contributed by atoms with Crippen molar-refractivity contribution in [3.63, 3.8) is 0 Å². The molecular weight excluding hydrogens is 259 g/mol. The van der Waals surface area contributed by atoms with Crippen molar-refractivity contribution in [3.05, 3.63) is 48.0 Å². The SMILES string of the molecule is CC(C)n1cc(C(Nc2ccccc2F)C(N)=O)cn1. The Balaban J connectivity index is 2.27. The van der Waals surface area contributed by atoms with Crippen LogP contribution in [0.4, 0.5) is 10.1 Å². The maximum absolute atomic E-state index is 13.6. The fourth-order valence-corrected chi connectivity index (χ4v) is 1.84. The first-order valence-corrected chi connectivity index (χ1v) is 6.33. The van der Waals surface area contributed by atoms with Crippen LogP contribution in [0.3, 0.4) is 0 Å². The van der Waals surface area contributed by atoms with Gasteiger partial charge in [0.25, 0.3) is 0 Å². The Morgan fingerprint density at radius 1 is 1.40 bits per heavy atom. The fourth-order valence-electron chi connectivity index (χ4n) is 1.84. The van der Waals surface area contributed by atoms with Crippen LogP contribution in [0.5, 0.6) is 0 Å². The predicted octanol–water partition coefficient (Wildman–Crippen LogP) is 2.24. The van der Waals surface area contributed by atoms with E-state index in [0.29, 0.717) is 5.56 Å². The first-order chi connectivity index (χ1) is 9.49. The number of carbonyl (C=O) groups excluding carboxylic acids is 1. The van der Waals surface area contributed by atoms with Crippen molar-refractivity contribution in [1.29, 1.82) is 0 Å². The second-order valence-electron chi connectivity index (χ2n) is 4.81. The van der Waals surface area contributed by atoms with E-state index in [2.05, 4.69) is 10.4 Å².